The molecule has 2 aliphatic heterocycles. The molecule has 1 aromatic carbocycles. The van der Waals surface area contributed by atoms with Crippen LogP contribution in [0, 0.1) is 35.0 Å². The summed E-state index contributed by atoms with van der Waals surface area (Å²) in [6, 6.07) is 9.89. The van der Waals surface area contributed by atoms with Gasteiger partial charge in [-0.1, -0.05) is 25.1 Å². The molecule has 0 N–H and O–H groups in total. The summed E-state index contributed by atoms with van der Waals surface area (Å²) in [5.74, 6) is 3.61. The first-order valence-electron chi connectivity index (χ1n) is 8.19. The highest BCUT2D eigenvalue weighted by atomic mass is 16.2. The lowest BCUT2D eigenvalue weighted by Crippen LogP contribution is -2.48. The first-order chi connectivity index (χ1) is 10.7. The van der Waals surface area contributed by atoms with Crippen LogP contribution in [0.5, 0.6) is 0 Å². The van der Waals surface area contributed by atoms with Crippen molar-refractivity contribution in [3.05, 3.63) is 51.3 Å². The number of aromatic nitrogens is 3. The van der Waals surface area contributed by atoms with Crippen molar-refractivity contribution < 1.29 is 0 Å². The SMILES string of the molecule is C[C@]12[C@H]3[C@@H]4[C@@H]5[C@H]4[C@@H]1n1c(=O)n(-c4ccccc4)c(=O)n1[C@@H]5[C@@H]32. The number of hydrogen-bond acceptors (Lipinski definition) is 2. The van der Waals surface area contributed by atoms with Gasteiger partial charge in [0.05, 0.1) is 17.8 Å². The molecular weight excluding hydrogens is 278 g/mol. The summed E-state index contributed by atoms with van der Waals surface area (Å²) in [5.41, 5.74) is 0.715. The third-order valence-corrected chi connectivity index (χ3v) is 7.65. The van der Waals surface area contributed by atoms with Gasteiger partial charge in [0.15, 0.2) is 0 Å². The van der Waals surface area contributed by atoms with E-state index in [4.69, 9.17) is 0 Å². The van der Waals surface area contributed by atoms with Crippen molar-refractivity contribution in [2.45, 2.75) is 19.0 Å². The summed E-state index contributed by atoms with van der Waals surface area (Å²) in [7, 11) is 0. The Hall–Kier alpha value is -2.04. The van der Waals surface area contributed by atoms with Crippen LogP contribution >= 0.6 is 0 Å². The Bertz CT molecular complexity index is 999. The van der Waals surface area contributed by atoms with Gasteiger partial charge in [0.25, 0.3) is 0 Å². The van der Waals surface area contributed by atoms with Crippen LogP contribution in [0.3, 0.4) is 0 Å². The molecule has 0 amide bonds. The van der Waals surface area contributed by atoms with Gasteiger partial charge >= 0.3 is 11.4 Å². The summed E-state index contributed by atoms with van der Waals surface area (Å²) in [5, 5.41) is 0. The molecule has 5 heteroatoms. The Morgan fingerprint density at radius 1 is 0.909 bits per heavy atom. The maximum atomic E-state index is 13.0. The Morgan fingerprint density at radius 2 is 1.64 bits per heavy atom. The zero-order chi connectivity index (χ0) is 14.5. The van der Waals surface area contributed by atoms with E-state index in [0.717, 1.165) is 11.8 Å². The van der Waals surface area contributed by atoms with Crippen molar-refractivity contribution in [2.75, 3.05) is 0 Å². The van der Waals surface area contributed by atoms with Gasteiger partial charge in [0.1, 0.15) is 0 Å². The Kier molecular flexibility index (Phi) is 1.29. The van der Waals surface area contributed by atoms with Crippen LogP contribution < -0.4 is 11.4 Å². The fourth-order valence-electron chi connectivity index (χ4n) is 7.16. The number of nitrogens with zero attached hydrogens (tertiary/aromatic N) is 3. The Morgan fingerprint density at radius 3 is 2.32 bits per heavy atom. The van der Waals surface area contributed by atoms with E-state index < -0.39 is 0 Å². The minimum absolute atomic E-state index is 0.134. The zero-order valence-electron chi connectivity index (χ0n) is 12.1. The summed E-state index contributed by atoms with van der Waals surface area (Å²) in [6.45, 7) is 2.35. The fraction of sp³-hybridized carbons (Fsp3) is 0.529. The van der Waals surface area contributed by atoms with Crippen molar-refractivity contribution in [3.8, 4) is 5.69 Å². The van der Waals surface area contributed by atoms with Crippen molar-refractivity contribution in [3.63, 3.8) is 0 Å². The summed E-state index contributed by atoms with van der Waals surface area (Å²) in [6.07, 6.45) is 0. The van der Waals surface area contributed by atoms with E-state index in [0.29, 0.717) is 34.9 Å². The summed E-state index contributed by atoms with van der Waals surface area (Å²) >= 11 is 0. The zero-order valence-corrected chi connectivity index (χ0v) is 12.1. The highest BCUT2D eigenvalue weighted by Gasteiger charge is 2.95. The van der Waals surface area contributed by atoms with Crippen LogP contribution in [0.2, 0.25) is 0 Å². The number of benzene rings is 1. The van der Waals surface area contributed by atoms with E-state index >= 15 is 0 Å². The quantitative estimate of drug-likeness (QED) is 0.789. The molecule has 0 spiro atoms. The van der Waals surface area contributed by atoms with E-state index in [1.54, 1.807) is 0 Å². The number of para-hydroxylation sites is 1. The molecular formula is C17H15N3O2. The molecule has 4 fully saturated rings. The molecule has 2 bridgehead atoms. The largest absolute Gasteiger partial charge is 0.352 e. The average Bonchev–Trinajstić information content (AvgIpc) is 3.26. The van der Waals surface area contributed by atoms with E-state index in [2.05, 4.69) is 6.92 Å². The molecule has 8 atom stereocenters. The average molecular weight is 293 g/mol. The minimum atomic E-state index is -0.137. The first kappa shape index (κ1) is 10.6. The molecule has 1 aromatic heterocycles. The molecule has 0 radical (unpaired) electrons. The second-order valence-electron chi connectivity index (χ2n) is 8.01. The van der Waals surface area contributed by atoms with Crippen LogP contribution in [-0.4, -0.2) is 13.9 Å². The second kappa shape index (κ2) is 2.66. The topological polar surface area (TPSA) is 48.9 Å². The number of hydrogen-bond donors (Lipinski definition) is 0. The van der Waals surface area contributed by atoms with Crippen LogP contribution in [-0.2, 0) is 0 Å². The third kappa shape index (κ3) is 0.733. The van der Waals surface area contributed by atoms with Gasteiger partial charge in [-0.3, -0.25) is 0 Å². The minimum Gasteiger partial charge on any atom is -0.245 e. The molecule has 5 nitrogen and oxygen atoms in total. The molecule has 4 aliphatic carbocycles. The van der Waals surface area contributed by atoms with Crippen molar-refractivity contribution in [2.24, 2.45) is 35.0 Å². The molecule has 22 heavy (non-hydrogen) atoms. The predicted octanol–water partition coefficient (Wildman–Crippen LogP) is 1.04. The van der Waals surface area contributed by atoms with E-state index in [9.17, 15) is 9.59 Å². The smallest absolute Gasteiger partial charge is 0.245 e. The lowest BCUT2D eigenvalue weighted by Gasteiger charge is -2.41. The first-order valence-corrected chi connectivity index (χ1v) is 8.19. The van der Waals surface area contributed by atoms with Gasteiger partial charge in [0, 0.05) is 0 Å². The molecule has 110 valence electrons. The van der Waals surface area contributed by atoms with Crippen LogP contribution in [0.25, 0.3) is 5.69 Å². The Balaban J connectivity index is 1.59. The highest BCUT2D eigenvalue weighted by Crippen LogP contribution is 2.96. The summed E-state index contributed by atoms with van der Waals surface area (Å²) in [4.78, 5) is 26.0. The van der Waals surface area contributed by atoms with Gasteiger partial charge < -0.3 is 0 Å². The molecule has 0 unspecified atom stereocenters. The Labute approximate surface area is 125 Å². The maximum Gasteiger partial charge on any atom is 0.352 e. The third-order valence-electron chi connectivity index (χ3n) is 7.65. The van der Waals surface area contributed by atoms with Gasteiger partial charge in [-0.15, -0.1) is 0 Å². The van der Waals surface area contributed by atoms with Crippen molar-refractivity contribution in [1.82, 2.24) is 13.9 Å². The molecule has 2 aromatic rings. The van der Waals surface area contributed by atoms with Crippen LogP contribution in [0.1, 0.15) is 19.0 Å². The molecule has 4 saturated carbocycles. The van der Waals surface area contributed by atoms with Crippen molar-refractivity contribution >= 4 is 0 Å². The standard InChI is InChI=1S/C17H15N3O2/c1-17-11-8-9-10(8)14(17)20-16(22)18(7-5-3-2-4-6-7)15(21)19(20)13(9)12(11)17/h2-6,8-14H,1H3/t8-,9-,10+,11+,12-,13+,14+,17-/m1/s1. The van der Waals surface area contributed by atoms with Crippen LogP contribution in [0.4, 0.5) is 0 Å². The predicted molar refractivity (Wildman–Crippen MR) is 77.9 cm³/mol. The van der Waals surface area contributed by atoms with E-state index in [1.165, 1.54) is 4.57 Å². The molecule has 8 rings (SSSR count). The lowest BCUT2D eigenvalue weighted by atomic mass is 9.80. The van der Waals surface area contributed by atoms with Gasteiger partial charge in [0.2, 0.25) is 0 Å². The van der Waals surface area contributed by atoms with Gasteiger partial charge in [-0.2, -0.15) is 0 Å². The lowest BCUT2D eigenvalue weighted by molar-refractivity contribution is 0.0636. The molecule has 3 heterocycles. The maximum absolute atomic E-state index is 13.0. The molecule has 6 aliphatic rings. The van der Waals surface area contributed by atoms with Gasteiger partial charge in [-0.25, -0.2) is 23.5 Å². The fourth-order valence-corrected chi connectivity index (χ4v) is 7.16. The number of rotatable bonds is 1. The van der Waals surface area contributed by atoms with Gasteiger partial charge in [-0.05, 0) is 47.1 Å². The molecule has 0 saturated heterocycles. The monoisotopic (exact) mass is 293 g/mol. The normalized spacial score (nSPS) is 50.1. The summed E-state index contributed by atoms with van der Waals surface area (Å²) < 4.78 is 5.04. The van der Waals surface area contributed by atoms with Crippen LogP contribution in [0.15, 0.2) is 39.9 Å². The van der Waals surface area contributed by atoms with E-state index in [-0.39, 0.29) is 17.4 Å². The van der Waals surface area contributed by atoms with Crippen molar-refractivity contribution in [1.29, 1.82) is 0 Å². The highest BCUT2D eigenvalue weighted by molar-refractivity contribution is 5.42. The van der Waals surface area contributed by atoms with E-state index in [1.807, 2.05) is 39.7 Å². The second-order valence-corrected chi connectivity index (χ2v) is 8.01.